The Morgan fingerprint density at radius 3 is 2.33 bits per heavy atom. The quantitative estimate of drug-likeness (QED) is 0.766. The van der Waals surface area contributed by atoms with E-state index in [9.17, 15) is 9.90 Å². The number of carbonyl (C=O) groups is 1. The van der Waals surface area contributed by atoms with E-state index in [4.69, 9.17) is 9.47 Å². The molecule has 0 aliphatic rings. The first-order valence-corrected chi connectivity index (χ1v) is 7.70. The third-order valence-electron chi connectivity index (χ3n) is 3.72. The van der Waals surface area contributed by atoms with Gasteiger partial charge in [-0.15, -0.1) is 0 Å². The average molecular weight is 325 g/mol. The Labute approximate surface area is 140 Å². The standard InChI is InChI=1S/C19H19NO4/c1-12(2)24-18-15-6-4-5-7-16(15)20(17(18)19(21)22)13-8-10-14(23-3)11-9-13/h4-12H,1-3H3,(H,21,22). The molecule has 5 nitrogen and oxygen atoms in total. The second kappa shape index (κ2) is 6.28. The van der Waals surface area contributed by atoms with Crippen LogP contribution in [-0.4, -0.2) is 28.9 Å². The Kier molecular flexibility index (Phi) is 4.16. The maximum atomic E-state index is 12.0. The van der Waals surface area contributed by atoms with Crippen molar-refractivity contribution >= 4 is 16.9 Å². The molecule has 1 heterocycles. The highest BCUT2D eigenvalue weighted by atomic mass is 16.5. The monoisotopic (exact) mass is 325 g/mol. The molecule has 0 aliphatic carbocycles. The predicted octanol–water partition coefficient (Wildman–Crippen LogP) is 4.12. The summed E-state index contributed by atoms with van der Waals surface area (Å²) in [6.07, 6.45) is -0.127. The zero-order valence-corrected chi connectivity index (χ0v) is 13.8. The summed E-state index contributed by atoms with van der Waals surface area (Å²) in [6, 6.07) is 14.8. The Morgan fingerprint density at radius 1 is 1.08 bits per heavy atom. The minimum absolute atomic E-state index is 0.120. The van der Waals surface area contributed by atoms with E-state index in [1.54, 1.807) is 23.8 Å². The summed E-state index contributed by atoms with van der Waals surface area (Å²) in [6.45, 7) is 3.76. The molecule has 5 heteroatoms. The van der Waals surface area contributed by atoms with Crippen molar-refractivity contribution in [3.8, 4) is 17.2 Å². The number of rotatable bonds is 5. The molecule has 0 bridgehead atoms. The maximum Gasteiger partial charge on any atom is 0.356 e. The number of aromatic nitrogens is 1. The third-order valence-corrected chi connectivity index (χ3v) is 3.72. The molecule has 1 aromatic heterocycles. The van der Waals surface area contributed by atoms with Crippen molar-refractivity contribution in [2.24, 2.45) is 0 Å². The molecule has 24 heavy (non-hydrogen) atoms. The van der Waals surface area contributed by atoms with E-state index >= 15 is 0 Å². The first-order valence-electron chi connectivity index (χ1n) is 7.70. The van der Waals surface area contributed by atoms with Crippen molar-refractivity contribution in [3.05, 3.63) is 54.2 Å². The second-order valence-electron chi connectivity index (χ2n) is 5.70. The molecule has 3 rings (SSSR count). The Hall–Kier alpha value is -2.95. The molecular formula is C19H19NO4. The highest BCUT2D eigenvalue weighted by Crippen LogP contribution is 2.36. The molecule has 124 valence electrons. The molecular weight excluding hydrogens is 306 g/mol. The van der Waals surface area contributed by atoms with Crippen LogP contribution < -0.4 is 9.47 Å². The van der Waals surface area contributed by atoms with Gasteiger partial charge in [-0.2, -0.15) is 0 Å². The molecule has 0 fully saturated rings. The van der Waals surface area contributed by atoms with Gasteiger partial charge in [0.05, 0.1) is 18.7 Å². The number of aromatic carboxylic acids is 1. The van der Waals surface area contributed by atoms with Crippen LogP contribution in [0, 0.1) is 0 Å². The highest BCUT2D eigenvalue weighted by molar-refractivity contribution is 6.02. The van der Waals surface area contributed by atoms with Crippen LogP contribution >= 0.6 is 0 Å². The zero-order chi connectivity index (χ0) is 17.3. The fourth-order valence-electron chi connectivity index (χ4n) is 2.76. The van der Waals surface area contributed by atoms with Crippen molar-refractivity contribution in [1.82, 2.24) is 4.57 Å². The van der Waals surface area contributed by atoms with Crippen LogP contribution in [-0.2, 0) is 0 Å². The molecule has 3 aromatic rings. The summed E-state index contributed by atoms with van der Waals surface area (Å²) in [5.74, 6) is 0.0762. The van der Waals surface area contributed by atoms with E-state index < -0.39 is 5.97 Å². The topological polar surface area (TPSA) is 60.7 Å². The van der Waals surface area contributed by atoms with Gasteiger partial charge in [-0.25, -0.2) is 4.79 Å². The van der Waals surface area contributed by atoms with Gasteiger partial charge >= 0.3 is 5.97 Å². The average Bonchev–Trinajstić information content (AvgIpc) is 2.89. The van der Waals surface area contributed by atoms with Crippen molar-refractivity contribution in [2.45, 2.75) is 20.0 Å². The van der Waals surface area contributed by atoms with Gasteiger partial charge in [0.1, 0.15) is 5.75 Å². The number of para-hydroxylation sites is 1. The Bertz CT molecular complexity index is 878. The Morgan fingerprint density at radius 2 is 1.75 bits per heavy atom. The zero-order valence-electron chi connectivity index (χ0n) is 13.8. The van der Waals surface area contributed by atoms with E-state index in [1.165, 1.54) is 0 Å². The summed E-state index contributed by atoms with van der Waals surface area (Å²) in [5.41, 5.74) is 1.65. The number of ether oxygens (including phenoxy) is 2. The smallest absolute Gasteiger partial charge is 0.356 e. The number of nitrogens with zero attached hydrogens (tertiary/aromatic N) is 1. The van der Waals surface area contributed by atoms with E-state index in [0.717, 1.165) is 16.6 Å². The van der Waals surface area contributed by atoms with Crippen molar-refractivity contribution < 1.29 is 19.4 Å². The first-order chi connectivity index (χ1) is 11.5. The molecule has 0 aliphatic heterocycles. The first kappa shape index (κ1) is 15.9. The van der Waals surface area contributed by atoms with Crippen LogP contribution in [0.15, 0.2) is 48.5 Å². The van der Waals surface area contributed by atoms with Crippen LogP contribution in [0.3, 0.4) is 0 Å². The van der Waals surface area contributed by atoms with Gasteiger partial charge in [0.2, 0.25) is 0 Å². The summed E-state index contributed by atoms with van der Waals surface area (Å²) in [5, 5.41) is 10.6. The Balaban J connectivity index is 2.32. The summed E-state index contributed by atoms with van der Waals surface area (Å²) in [4.78, 5) is 12.0. The van der Waals surface area contributed by atoms with E-state index in [2.05, 4.69) is 0 Å². The van der Waals surface area contributed by atoms with E-state index in [-0.39, 0.29) is 11.8 Å². The van der Waals surface area contributed by atoms with Gasteiger partial charge in [-0.3, -0.25) is 0 Å². The normalized spacial score (nSPS) is 11.0. The molecule has 0 radical (unpaired) electrons. The second-order valence-corrected chi connectivity index (χ2v) is 5.70. The number of methoxy groups -OCH3 is 1. The van der Waals surface area contributed by atoms with Crippen LogP contribution in [0.25, 0.3) is 16.6 Å². The third kappa shape index (κ3) is 2.69. The van der Waals surface area contributed by atoms with Crippen molar-refractivity contribution in [3.63, 3.8) is 0 Å². The molecule has 0 atom stereocenters. The van der Waals surface area contributed by atoms with Gasteiger partial charge in [-0.05, 0) is 50.2 Å². The van der Waals surface area contributed by atoms with Crippen LogP contribution in [0.1, 0.15) is 24.3 Å². The van der Waals surface area contributed by atoms with Crippen LogP contribution in [0.5, 0.6) is 11.5 Å². The molecule has 0 saturated carbocycles. The summed E-state index contributed by atoms with van der Waals surface area (Å²) in [7, 11) is 1.59. The lowest BCUT2D eigenvalue weighted by atomic mass is 10.2. The summed E-state index contributed by atoms with van der Waals surface area (Å²) >= 11 is 0. The number of carboxylic acids is 1. The van der Waals surface area contributed by atoms with Gasteiger partial charge in [0.15, 0.2) is 11.4 Å². The lowest BCUT2D eigenvalue weighted by Crippen LogP contribution is -2.12. The summed E-state index contributed by atoms with van der Waals surface area (Å²) < 4.78 is 12.7. The van der Waals surface area contributed by atoms with Gasteiger partial charge in [-0.1, -0.05) is 12.1 Å². The number of carboxylic acid groups (broad SMARTS) is 1. The van der Waals surface area contributed by atoms with Crippen molar-refractivity contribution in [1.29, 1.82) is 0 Å². The lowest BCUT2D eigenvalue weighted by Gasteiger charge is -2.12. The minimum Gasteiger partial charge on any atom is -0.497 e. The number of hydrogen-bond donors (Lipinski definition) is 1. The molecule has 2 aromatic carbocycles. The number of hydrogen-bond acceptors (Lipinski definition) is 3. The van der Waals surface area contributed by atoms with Crippen LogP contribution in [0.4, 0.5) is 0 Å². The van der Waals surface area contributed by atoms with Crippen LogP contribution in [0.2, 0.25) is 0 Å². The van der Waals surface area contributed by atoms with E-state index in [0.29, 0.717) is 11.5 Å². The fraction of sp³-hybridized carbons (Fsp3) is 0.211. The SMILES string of the molecule is COc1ccc(-n2c(C(=O)O)c(OC(C)C)c3ccccc32)cc1. The van der Waals surface area contributed by atoms with Crippen molar-refractivity contribution in [2.75, 3.05) is 7.11 Å². The molecule has 1 N–H and O–H groups in total. The molecule has 0 amide bonds. The maximum absolute atomic E-state index is 12.0. The number of fused-ring (bicyclic) bond motifs is 1. The fourth-order valence-corrected chi connectivity index (χ4v) is 2.76. The predicted molar refractivity (Wildman–Crippen MR) is 92.6 cm³/mol. The van der Waals surface area contributed by atoms with E-state index in [1.807, 2.05) is 50.2 Å². The molecule has 0 saturated heterocycles. The lowest BCUT2D eigenvalue weighted by molar-refractivity contribution is 0.0682. The number of benzene rings is 2. The van der Waals surface area contributed by atoms with Gasteiger partial charge in [0.25, 0.3) is 0 Å². The molecule has 0 spiro atoms. The van der Waals surface area contributed by atoms with Gasteiger partial charge < -0.3 is 19.1 Å². The highest BCUT2D eigenvalue weighted by Gasteiger charge is 2.25. The molecule has 0 unspecified atom stereocenters. The van der Waals surface area contributed by atoms with Gasteiger partial charge in [0, 0.05) is 11.1 Å². The minimum atomic E-state index is -1.03. The largest absolute Gasteiger partial charge is 0.497 e.